The van der Waals surface area contributed by atoms with E-state index in [0.717, 1.165) is 0 Å². The van der Waals surface area contributed by atoms with Gasteiger partial charge in [-0.25, -0.2) is 5.10 Å². The molecule has 1 aromatic heterocycles. The van der Waals surface area contributed by atoms with Gasteiger partial charge in [-0.3, -0.25) is 4.79 Å². The first-order valence-electron chi connectivity index (χ1n) is 8.90. The number of rotatable bonds is 8. The lowest BCUT2D eigenvalue weighted by Crippen LogP contribution is -2.10. The van der Waals surface area contributed by atoms with Crippen molar-refractivity contribution in [2.75, 3.05) is 11.9 Å². The van der Waals surface area contributed by atoms with Gasteiger partial charge < -0.3 is 10.1 Å². The number of hydrogen-bond acceptors (Lipinski definition) is 6. The molecule has 0 saturated carbocycles. The van der Waals surface area contributed by atoms with Crippen LogP contribution in [0.25, 0.3) is 0 Å². The van der Waals surface area contributed by atoms with Crippen LogP contribution < -0.4 is 10.1 Å². The summed E-state index contributed by atoms with van der Waals surface area (Å²) < 4.78 is 5.48. The summed E-state index contributed by atoms with van der Waals surface area (Å²) in [6.45, 7) is 4.71. The lowest BCUT2D eigenvalue weighted by molar-refractivity contribution is 0.103. The van der Waals surface area contributed by atoms with Gasteiger partial charge in [0.1, 0.15) is 12.4 Å². The molecule has 0 radical (unpaired) electrons. The first-order valence-corrected chi connectivity index (χ1v) is 8.90. The van der Waals surface area contributed by atoms with E-state index >= 15 is 0 Å². The zero-order chi connectivity index (χ0) is 19.9. The number of nitrogens with zero attached hydrogens (tertiary/aromatic N) is 3. The minimum Gasteiger partial charge on any atom is -0.481 e. The van der Waals surface area contributed by atoms with Crippen LogP contribution in [0, 0.1) is 12.3 Å². The van der Waals surface area contributed by atoms with Gasteiger partial charge in [0.2, 0.25) is 0 Å². The molecule has 0 bridgehead atoms. The number of anilines is 1. The minimum absolute atomic E-state index is 0.111. The zero-order valence-corrected chi connectivity index (χ0v) is 15.8. The fourth-order valence-corrected chi connectivity index (χ4v) is 2.69. The van der Waals surface area contributed by atoms with E-state index < -0.39 is 0 Å². The summed E-state index contributed by atoms with van der Waals surface area (Å²) >= 11 is 0. The number of nitrogens with one attached hydrogen (secondary N) is 2. The molecule has 0 spiro atoms. The molecule has 0 atom stereocenters. The Hall–Kier alpha value is -3.66. The van der Waals surface area contributed by atoms with Gasteiger partial charge in [-0.2, -0.15) is 0 Å². The summed E-state index contributed by atoms with van der Waals surface area (Å²) in [6, 6.07) is 12.9. The molecule has 0 unspecified atom stereocenters. The van der Waals surface area contributed by atoms with Crippen LogP contribution in [0.4, 0.5) is 5.69 Å². The number of carbonyl (C=O) groups is 1. The fraction of sp³-hybridized carbons (Fsp3) is 0.238. The van der Waals surface area contributed by atoms with Crippen molar-refractivity contribution >= 4 is 11.5 Å². The highest BCUT2D eigenvalue weighted by Gasteiger charge is 2.16. The highest BCUT2D eigenvalue weighted by Crippen LogP contribution is 2.26. The predicted molar refractivity (Wildman–Crippen MR) is 106 cm³/mol. The molecular formula is C21H21N5O2. The number of hydrogen-bond donors (Lipinski definition) is 2. The van der Waals surface area contributed by atoms with E-state index in [4.69, 9.17) is 11.2 Å². The number of ether oxygens (including phenoxy) is 1. The van der Waals surface area contributed by atoms with E-state index in [1.807, 2.05) is 24.3 Å². The van der Waals surface area contributed by atoms with Crippen molar-refractivity contribution < 1.29 is 9.53 Å². The number of terminal acetylenes is 1. The highest BCUT2D eigenvalue weighted by molar-refractivity contribution is 6.12. The summed E-state index contributed by atoms with van der Waals surface area (Å²) in [5, 5.41) is 16.8. The molecule has 0 amide bonds. The van der Waals surface area contributed by atoms with Gasteiger partial charge in [0, 0.05) is 16.8 Å². The molecule has 7 nitrogen and oxygen atoms in total. The number of aromatic amines is 1. The Balaban J connectivity index is 1.89. The fourth-order valence-electron chi connectivity index (χ4n) is 2.69. The average Bonchev–Trinajstić information content (AvgIpc) is 3.24. The number of carbonyl (C=O) groups excluding carboxylic acids is 1. The molecule has 142 valence electrons. The van der Waals surface area contributed by atoms with E-state index in [9.17, 15) is 4.79 Å². The van der Waals surface area contributed by atoms with Crippen molar-refractivity contribution in [1.29, 1.82) is 0 Å². The number of ketones is 1. The lowest BCUT2D eigenvalue weighted by atomic mass is 9.97. The highest BCUT2D eigenvalue weighted by atomic mass is 16.5. The van der Waals surface area contributed by atoms with Crippen molar-refractivity contribution in [3.05, 3.63) is 65.0 Å². The maximum atomic E-state index is 13.2. The molecule has 0 fully saturated rings. The maximum Gasteiger partial charge on any atom is 0.195 e. The largest absolute Gasteiger partial charge is 0.481 e. The van der Waals surface area contributed by atoms with Crippen LogP contribution >= 0.6 is 0 Å². The van der Waals surface area contributed by atoms with Crippen LogP contribution in [0.2, 0.25) is 0 Å². The van der Waals surface area contributed by atoms with Gasteiger partial charge in [-0.1, -0.05) is 44.0 Å². The SMILES string of the molecule is C#CCOc1ccc(NCc2nnn[nH]2)c(C(=O)c2ccc(C(C)C)cc2)c1. The summed E-state index contributed by atoms with van der Waals surface area (Å²) in [5.41, 5.74) is 2.92. The molecule has 0 aliphatic rings. The van der Waals surface area contributed by atoms with Gasteiger partial charge in [0.15, 0.2) is 11.6 Å². The van der Waals surface area contributed by atoms with Gasteiger partial charge in [0.05, 0.1) is 6.54 Å². The van der Waals surface area contributed by atoms with Crippen LogP contribution in [0.5, 0.6) is 5.75 Å². The van der Waals surface area contributed by atoms with E-state index in [0.29, 0.717) is 40.9 Å². The quantitative estimate of drug-likeness (QED) is 0.464. The predicted octanol–water partition coefficient (Wildman–Crippen LogP) is 3.18. The second-order valence-corrected chi connectivity index (χ2v) is 6.51. The first kappa shape index (κ1) is 19.1. The number of benzene rings is 2. The first-order chi connectivity index (χ1) is 13.6. The van der Waals surface area contributed by atoms with Crippen molar-refractivity contribution in [2.45, 2.75) is 26.3 Å². The molecular weight excluding hydrogens is 354 g/mol. The third-order valence-corrected chi connectivity index (χ3v) is 4.23. The average molecular weight is 375 g/mol. The van der Waals surface area contributed by atoms with E-state index in [1.165, 1.54) is 5.56 Å². The standard InChI is InChI=1S/C21H21N5O2/c1-4-11-28-17-9-10-19(22-13-20-23-25-26-24-20)18(12-17)21(27)16-7-5-15(6-8-16)14(2)3/h1,5-10,12,14,22H,11,13H2,2-3H3,(H,23,24,25,26). The van der Waals surface area contributed by atoms with Gasteiger partial charge in [-0.05, 0) is 40.1 Å². The maximum absolute atomic E-state index is 13.2. The number of aromatic nitrogens is 4. The molecule has 3 aromatic rings. The van der Waals surface area contributed by atoms with Gasteiger partial charge >= 0.3 is 0 Å². The topological polar surface area (TPSA) is 92.8 Å². The summed E-state index contributed by atoms with van der Waals surface area (Å²) in [6.07, 6.45) is 5.26. The van der Waals surface area contributed by atoms with Crippen molar-refractivity contribution in [1.82, 2.24) is 20.6 Å². The third-order valence-electron chi connectivity index (χ3n) is 4.23. The molecule has 28 heavy (non-hydrogen) atoms. The second kappa shape index (κ2) is 8.82. The van der Waals surface area contributed by atoms with E-state index in [-0.39, 0.29) is 12.4 Å². The third kappa shape index (κ3) is 4.54. The lowest BCUT2D eigenvalue weighted by Gasteiger charge is -2.13. The monoisotopic (exact) mass is 375 g/mol. The summed E-state index contributed by atoms with van der Waals surface area (Å²) in [5.74, 6) is 3.81. The van der Waals surface area contributed by atoms with Gasteiger partial charge in [0.25, 0.3) is 0 Å². The van der Waals surface area contributed by atoms with Crippen molar-refractivity contribution in [3.63, 3.8) is 0 Å². The molecule has 2 aromatic carbocycles. The van der Waals surface area contributed by atoms with Crippen LogP contribution in [-0.4, -0.2) is 33.0 Å². The molecule has 2 N–H and O–H groups in total. The van der Waals surface area contributed by atoms with Crippen LogP contribution in [0.3, 0.4) is 0 Å². The van der Waals surface area contributed by atoms with Crippen molar-refractivity contribution in [3.8, 4) is 18.1 Å². The Kier molecular flexibility index (Phi) is 6.02. The van der Waals surface area contributed by atoms with Crippen molar-refractivity contribution in [2.24, 2.45) is 0 Å². The molecule has 0 saturated heterocycles. The Morgan fingerprint density at radius 2 is 2.04 bits per heavy atom. The van der Waals surface area contributed by atoms with E-state index in [2.05, 4.69) is 45.7 Å². The zero-order valence-electron chi connectivity index (χ0n) is 15.8. The minimum atomic E-state index is -0.111. The summed E-state index contributed by atoms with van der Waals surface area (Å²) in [7, 11) is 0. The number of H-pyrrole nitrogens is 1. The Morgan fingerprint density at radius 1 is 1.25 bits per heavy atom. The molecule has 1 heterocycles. The smallest absolute Gasteiger partial charge is 0.195 e. The van der Waals surface area contributed by atoms with Crippen LogP contribution in [-0.2, 0) is 6.54 Å². The number of tetrazole rings is 1. The van der Waals surface area contributed by atoms with Crippen LogP contribution in [0.15, 0.2) is 42.5 Å². The van der Waals surface area contributed by atoms with Gasteiger partial charge in [-0.15, -0.1) is 11.5 Å². The second-order valence-electron chi connectivity index (χ2n) is 6.51. The molecule has 0 aliphatic heterocycles. The summed E-state index contributed by atoms with van der Waals surface area (Å²) in [4.78, 5) is 13.2. The van der Waals surface area contributed by atoms with E-state index in [1.54, 1.807) is 18.2 Å². The Labute approximate surface area is 163 Å². The molecule has 7 heteroatoms. The molecule has 0 aliphatic carbocycles. The Bertz CT molecular complexity index is 973. The van der Waals surface area contributed by atoms with Crippen LogP contribution in [0.1, 0.15) is 47.1 Å². The normalized spacial score (nSPS) is 10.5. The molecule has 3 rings (SSSR count). The Morgan fingerprint density at radius 3 is 2.68 bits per heavy atom.